The molecule has 202 valence electrons. The van der Waals surface area contributed by atoms with Gasteiger partial charge in [0.15, 0.2) is 5.78 Å². The zero-order valence-corrected chi connectivity index (χ0v) is 21.8. The fourth-order valence-corrected chi connectivity index (χ4v) is 4.86. The number of phenols is 2. The van der Waals surface area contributed by atoms with E-state index in [4.69, 9.17) is 4.74 Å². The number of carbonyl (C=O) groups is 1. The van der Waals surface area contributed by atoms with Gasteiger partial charge in [0.05, 0.1) is 18.2 Å². The molecule has 4 rings (SSSR count). The molecule has 0 amide bonds. The number of aromatic hydroxyl groups is 2. The van der Waals surface area contributed by atoms with Crippen molar-refractivity contribution in [1.29, 1.82) is 5.26 Å². The Labute approximate surface area is 232 Å². The molecule has 0 fully saturated rings. The van der Waals surface area contributed by atoms with Gasteiger partial charge in [-0.3, -0.25) is 4.79 Å². The van der Waals surface area contributed by atoms with Crippen LogP contribution in [0, 0.1) is 11.3 Å². The van der Waals surface area contributed by atoms with E-state index >= 15 is 0 Å². The van der Waals surface area contributed by atoms with E-state index in [1.807, 2.05) is 6.07 Å². The Hall–Kier alpha value is -4.75. The van der Waals surface area contributed by atoms with Crippen LogP contribution >= 0.6 is 11.8 Å². The second-order valence-corrected chi connectivity index (χ2v) is 9.43. The number of phenolic OH excluding ortho intramolecular Hbond substituents is 2. The molecule has 0 aliphatic rings. The number of methoxy groups -OCH3 is 1. The highest BCUT2D eigenvalue weighted by molar-refractivity contribution is 7.98. The van der Waals surface area contributed by atoms with E-state index in [-0.39, 0.29) is 39.0 Å². The maximum atomic E-state index is 13.7. The van der Waals surface area contributed by atoms with Crippen LogP contribution in [-0.2, 0) is 11.9 Å². The number of nitrogens with zero attached hydrogens (tertiary/aromatic N) is 2. The van der Waals surface area contributed by atoms with Gasteiger partial charge >= 0.3 is 6.18 Å². The standard InChI is InChI=1S/C30H21F3N2O4S/c1-39-27-12-8-18(7-11-25(37)22-10-9-21(36)14-26(22)38)13-20(27)17-40-29-24(16-34)23(19-5-3-2-4-6-19)15-28(35-29)30(31,32)33/h2-15,36,38H,17H2,1H3/b11-7+. The quantitative estimate of drug-likeness (QED) is 0.132. The van der Waals surface area contributed by atoms with Gasteiger partial charge in [-0.1, -0.05) is 42.5 Å². The van der Waals surface area contributed by atoms with Crippen LogP contribution in [-0.4, -0.2) is 28.1 Å². The van der Waals surface area contributed by atoms with E-state index in [2.05, 4.69) is 4.98 Å². The minimum atomic E-state index is -4.71. The molecule has 0 radical (unpaired) electrons. The summed E-state index contributed by atoms with van der Waals surface area (Å²) in [5, 5.41) is 29.1. The third kappa shape index (κ3) is 6.45. The minimum Gasteiger partial charge on any atom is -0.508 e. The number of ether oxygens (including phenoxy) is 1. The van der Waals surface area contributed by atoms with Gasteiger partial charge in [0, 0.05) is 22.9 Å². The number of halogens is 3. The zero-order valence-electron chi connectivity index (χ0n) is 20.9. The molecule has 0 aliphatic heterocycles. The van der Waals surface area contributed by atoms with Crippen molar-refractivity contribution in [1.82, 2.24) is 4.98 Å². The molecular weight excluding hydrogens is 541 g/mol. The Kier molecular flexibility index (Phi) is 8.46. The zero-order chi connectivity index (χ0) is 28.9. The number of thioether (sulfide) groups is 1. The lowest BCUT2D eigenvalue weighted by Crippen LogP contribution is -2.10. The van der Waals surface area contributed by atoms with E-state index in [9.17, 15) is 33.4 Å². The van der Waals surface area contributed by atoms with E-state index in [1.165, 1.54) is 31.4 Å². The van der Waals surface area contributed by atoms with Crippen molar-refractivity contribution in [3.8, 4) is 34.4 Å². The highest BCUT2D eigenvalue weighted by atomic mass is 32.2. The number of benzene rings is 3. The summed E-state index contributed by atoms with van der Waals surface area (Å²) < 4.78 is 46.6. The largest absolute Gasteiger partial charge is 0.508 e. The lowest BCUT2D eigenvalue weighted by Gasteiger charge is -2.15. The first kappa shape index (κ1) is 28.3. The Morgan fingerprint density at radius 2 is 1.82 bits per heavy atom. The van der Waals surface area contributed by atoms with Crippen LogP contribution in [0.2, 0.25) is 0 Å². The van der Waals surface area contributed by atoms with Gasteiger partial charge in [0.25, 0.3) is 0 Å². The van der Waals surface area contributed by atoms with Crippen molar-refractivity contribution < 1.29 is 32.9 Å². The number of ketones is 1. The highest BCUT2D eigenvalue weighted by Crippen LogP contribution is 2.38. The molecule has 3 aromatic carbocycles. The van der Waals surface area contributed by atoms with Crippen molar-refractivity contribution in [3.05, 3.63) is 107 Å². The average Bonchev–Trinajstić information content (AvgIpc) is 2.94. The number of allylic oxidation sites excluding steroid dienone is 1. The molecule has 6 nitrogen and oxygen atoms in total. The molecular formula is C30H21F3N2O4S. The Balaban J connectivity index is 1.65. The molecule has 10 heteroatoms. The number of pyridine rings is 1. The first-order valence-corrected chi connectivity index (χ1v) is 12.7. The smallest absolute Gasteiger partial charge is 0.433 e. The van der Waals surface area contributed by atoms with Crippen LogP contribution in [0.1, 0.15) is 32.7 Å². The second-order valence-electron chi connectivity index (χ2n) is 8.47. The Morgan fingerprint density at radius 3 is 2.48 bits per heavy atom. The van der Waals surface area contributed by atoms with E-state index < -0.39 is 17.7 Å². The summed E-state index contributed by atoms with van der Waals surface area (Å²) in [4.78, 5) is 16.3. The molecule has 0 unspecified atom stereocenters. The number of hydrogen-bond acceptors (Lipinski definition) is 7. The maximum absolute atomic E-state index is 13.7. The summed E-state index contributed by atoms with van der Waals surface area (Å²) in [7, 11) is 1.45. The van der Waals surface area contributed by atoms with Crippen LogP contribution in [0.3, 0.4) is 0 Å². The Morgan fingerprint density at radius 1 is 1.07 bits per heavy atom. The summed E-state index contributed by atoms with van der Waals surface area (Å²) in [6, 6.07) is 19.9. The molecule has 0 atom stereocenters. The average molecular weight is 563 g/mol. The van der Waals surface area contributed by atoms with Gasteiger partial charge in [-0.05, 0) is 47.5 Å². The fourth-order valence-electron chi connectivity index (χ4n) is 3.88. The summed E-state index contributed by atoms with van der Waals surface area (Å²) in [6.45, 7) is 0. The van der Waals surface area contributed by atoms with E-state index in [0.717, 1.165) is 23.9 Å². The topological polar surface area (TPSA) is 103 Å². The van der Waals surface area contributed by atoms with Gasteiger partial charge in [-0.15, -0.1) is 11.8 Å². The third-order valence-corrected chi connectivity index (χ3v) is 6.84. The fraction of sp³-hybridized carbons (Fsp3) is 0.100. The van der Waals surface area contributed by atoms with Gasteiger partial charge in [0.1, 0.15) is 34.0 Å². The van der Waals surface area contributed by atoms with E-state index in [1.54, 1.807) is 48.5 Å². The van der Waals surface area contributed by atoms with Crippen LogP contribution in [0.25, 0.3) is 17.2 Å². The number of hydrogen-bond donors (Lipinski definition) is 2. The maximum Gasteiger partial charge on any atom is 0.433 e. The van der Waals surface area contributed by atoms with Crippen LogP contribution < -0.4 is 4.74 Å². The number of rotatable bonds is 8. The molecule has 0 aliphatic carbocycles. The lowest BCUT2D eigenvalue weighted by atomic mass is 10.0. The molecule has 0 bridgehead atoms. The van der Waals surface area contributed by atoms with Crippen molar-refractivity contribution in [2.75, 3.05) is 7.11 Å². The van der Waals surface area contributed by atoms with Crippen LogP contribution in [0.4, 0.5) is 13.2 Å². The van der Waals surface area contributed by atoms with Crippen molar-refractivity contribution in [2.24, 2.45) is 0 Å². The van der Waals surface area contributed by atoms with Gasteiger partial charge in [-0.2, -0.15) is 18.4 Å². The Bertz CT molecular complexity index is 1630. The van der Waals surface area contributed by atoms with Crippen LogP contribution in [0.5, 0.6) is 17.2 Å². The summed E-state index contributed by atoms with van der Waals surface area (Å²) >= 11 is 0.965. The van der Waals surface area contributed by atoms with Crippen molar-refractivity contribution in [2.45, 2.75) is 17.0 Å². The SMILES string of the molecule is COc1ccc(/C=C/C(=O)c2ccc(O)cc2O)cc1CSc1nc(C(F)(F)F)cc(-c2ccccc2)c1C#N. The molecule has 1 aromatic heterocycles. The van der Waals surface area contributed by atoms with Crippen LogP contribution in [0.15, 0.2) is 83.9 Å². The predicted octanol–water partition coefficient (Wildman–Crippen LogP) is 7.25. The highest BCUT2D eigenvalue weighted by Gasteiger charge is 2.34. The first-order chi connectivity index (χ1) is 19.1. The minimum absolute atomic E-state index is 0.00668. The van der Waals surface area contributed by atoms with Gasteiger partial charge in [0.2, 0.25) is 0 Å². The van der Waals surface area contributed by atoms with Crippen molar-refractivity contribution >= 4 is 23.6 Å². The normalized spacial score (nSPS) is 11.4. The number of nitriles is 1. The number of alkyl halides is 3. The monoisotopic (exact) mass is 562 g/mol. The first-order valence-electron chi connectivity index (χ1n) is 11.7. The molecule has 0 saturated heterocycles. The lowest BCUT2D eigenvalue weighted by molar-refractivity contribution is -0.141. The van der Waals surface area contributed by atoms with Crippen molar-refractivity contribution in [3.63, 3.8) is 0 Å². The molecule has 4 aromatic rings. The molecule has 1 heterocycles. The van der Waals surface area contributed by atoms with Gasteiger partial charge in [-0.25, -0.2) is 4.98 Å². The third-order valence-electron chi connectivity index (χ3n) is 5.82. The second kappa shape index (κ2) is 12.0. The summed E-state index contributed by atoms with van der Waals surface area (Å²) in [5.41, 5.74) is 0.707. The molecule has 0 spiro atoms. The molecule has 0 saturated carbocycles. The predicted molar refractivity (Wildman–Crippen MR) is 145 cm³/mol. The number of carbonyl (C=O) groups excluding carboxylic acids is 1. The summed E-state index contributed by atoms with van der Waals surface area (Å²) in [5.74, 6) is -0.459. The summed E-state index contributed by atoms with van der Waals surface area (Å²) in [6.07, 6.45) is -1.95. The van der Waals surface area contributed by atoms with Gasteiger partial charge < -0.3 is 14.9 Å². The number of aromatic nitrogens is 1. The molecule has 40 heavy (non-hydrogen) atoms. The molecule has 2 N–H and O–H groups in total. The van der Waals surface area contributed by atoms with E-state index in [0.29, 0.717) is 22.4 Å².